The van der Waals surface area contributed by atoms with Gasteiger partial charge in [0, 0.05) is 22.7 Å². The van der Waals surface area contributed by atoms with E-state index in [0.717, 1.165) is 39.3 Å². The van der Waals surface area contributed by atoms with E-state index >= 15 is 0 Å². The maximum atomic E-state index is 5.68. The lowest BCUT2D eigenvalue weighted by Crippen LogP contribution is -1.94. The number of thiazole rings is 1. The molecule has 0 saturated heterocycles. The van der Waals surface area contributed by atoms with Gasteiger partial charge in [-0.1, -0.05) is 12.1 Å². The fourth-order valence-corrected chi connectivity index (χ4v) is 3.24. The van der Waals surface area contributed by atoms with E-state index < -0.39 is 0 Å². The van der Waals surface area contributed by atoms with Crippen molar-refractivity contribution in [1.29, 1.82) is 0 Å². The number of anilines is 2. The van der Waals surface area contributed by atoms with Crippen molar-refractivity contribution in [3.05, 3.63) is 47.8 Å². The van der Waals surface area contributed by atoms with Gasteiger partial charge in [-0.2, -0.15) is 0 Å². The zero-order valence-electron chi connectivity index (χ0n) is 13.1. The summed E-state index contributed by atoms with van der Waals surface area (Å²) in [4.78, 5) is 4.67. The molecule has 3 aromatic rings. The van der Waals surface area contributed by atoms with E-state index in [-0.39, 0.29) is 6.79 Å². The van der Waals surface area contributed by atoms with E-state index in [9.17, 15) is 0 Å². The van der Waals surface area contributed by atoms with E-state index in [0.29, 0.717) is 6.61 Å². The molecular weight excluding hydrogens is 324 g/mol. The minimum atomic E-state index is 0.272. The van der Waals surface area contributed by atoms with Gasteiger partial charge in [0.2, 0.25) is 6.79 Å². The van der Waals surface area contributed by atoms with Crippen molar-refractivity contribution in [2.45, 2.75) is 6.92 Å². The Morgan fingerprint density at radius 3 is 2.96 bits per heavy atom. The first-order valence-electron chi connectivity index (χ1n) is 7.68. The lowest BCUT2D eigenvalue weighted by Gasteiger charge is -2.07. The Kier molecular flexibility index (Phi) is 3.96. The molecule has 0 radical (unpaired) electrons. The molecule has 24 heavy (non-hydrogen) atoms. The summed E-state index contributed by atoms with van der Waals surface area (Å²) in [6.07, 6.45) is 0. The van der Waals surface area contributed by atoms with Crippen molar-refractivity contribution in [3.63, 3.8) is 0 Å². The summed E-state index contributed by atoms with van der Waals surface area (Å²) in [5, 5.41) is 6.14. The Hall–Kier alpha value is -2.73. The molecule has 2 aromatic carbocycles. The van der Waals surface area contributed by atoms with Gasteiger partial charge < -0.3 is 19.5 Å². The summed E-state index contributed by atoms with van der Waals surface area (Å²) in [5.74, 6) is 2.37. The van der Waals surface area contributed by atoms with E-state index in [4.69, 9.17) is 14.2 Å². The lowest BCUT2D eigenvalue weighted by molar-refractivity contribution is 0.174. The predicted molar refractivity (Wildman–Crippen MR) is 94.6 cm³/mol. The molecule has 0 fully saturated rings. The van der Waals surface area contributed by atoms with Crippen molar-refractivity contribution in [3.8, 4) is 28.5 Å². The smallest absolute Gasteiger partial charge is 0.231 e. The molecule has 0 amide bonds. The number of hydrogen-bond donors (Lipinski definition) is 1. The Bertz CT molecular complexity index is 863. The van der Waals surface area contributed by atoms with Gasteiger partial charge in [-0.25, -0.2) is 4.98 Å². The number of hydrogen-bond acceptors (Lipinski definition) is 6. The molecule has 5 nitrogen and oxygen atoms in total. The van der Waals surface area contributed by atoms with Crippen molar-refractivity contribution in [2.75, 3.05) is 18.7 Å². The van der Waals surface area contributed by atoms with Gasteiger partial charge in [0.05, 0.1) is 12.3 Å². The largest absolute Gasteiger partial charge is 0.493 e. The van der Waals surface area contributed by atoms with Crippen LogP contribution in [0.25, 0.3) is 11.3 Å². The highest BCUT2D eigenvalue weighted by molar-refractivity contribution is 7.14. The fraction of sp³-hybridized carbons (Fsp3) is 0.167. The summed E-state index contributed by atoms with van der Waals surface area (Å²) in [5.41, 5.74) is 2.81. The number of nitrogens with one attached hydrogen (secondary N) is 1. The first-order chi connectivity index (χ1) is 11.8. The molecule has 122 valence electrons. The molecule has 0 spiro atoms. The standard InChI is InChI=1S/C18H16N2O3S/c1-2-21-15-6-4-3-5-13(15)14-10-24-18(20-14)19-12-7-8-16-17(9-12)23-11-22-16/h3-10H,2,11H2,1H3,(H,19,20). The van der Waals surface area contributed by atoms with Crippen LogP contribution >= 0.6 is 11.3 Å². The van der Waals surface area contributed by atoms with Gasteiger partial charge in [0.1, 0.15) is 5.75 Å². The van der Waals surface area contributed by atoms with Crippen LogP contribution in [0.1, 0.15) is 6.92 Å². The molecule has 0 saturated carbocycles. The highest BCUT2D eigenvalue weighted by Crippen LogP contribution is 2.37. The van der Waals surface area contributed by atoms with Gasteiger partial charge >= 0.3 is 0 Å². The second-order valence-electron chi connectivity index (χ2n) is 5.16. The highest BCUT2D eigenvalue weighted by atomic mass is 32.1. The van der Waals surface area contributed by atoms with Crippen LogP contribution in [0.4, 0.5) is 10.8 Å². The van der Waals surface area contributed by atoms with Crippen molar-refractivity contribution in [2.24, 2.45) is 0 Å². The number of aromatic nitrogens is 1. The summed E-state index contributed by atoms with van der Waals surface area (Å²) >= 11 is 1.55. The summed E-state index contributed by atoms with van der Waals surface area (Å²) in [6.45, 7) is 2.88. The quantitative estimate of drug-likeness (QED) is 0.731. The van der Waals surface area contributed by atoms with Crippen LogP contribution in [0.3, 0.4) is 0 Å². The Balaban J connectivity index is 1.57. The van der Waals surface area contributed by atoms with Crippen molar-refractivity contribution < 1.29 is 14.2 Å². The molecule has 0 atom stereocenters. The maximum absolute atomic E-state index is 5.68. The normalized spacial score (nSPS) is 12.2. The molecule has 1 aliphatic heterocycles. The van der Waals surface area contributed by atoms with Crippen LogP contribution in [-0.2, 0) is 0 Å². The number of benzene rings is 2. The van der Waals surface area contributed by atoms with Gasteiger partial charge in [-0.3, -0.25) is 0 Å². The first kappa shape index (κ1) is 14.8. The second-order valence-corrected chi connectivity index (χ2v) is 6.02. The third kappa shape index (κ3) is 2.88. The molecule has 1 aromatic heterocycles. The molecule has 2 heterocycles. The third-order valence-electron chi connectivity index (χ3n) is 3.59. The third-order valence-corrected chi connectivity index (χ3v) is 4.35. The van der Waals surface area contributed by atoms with Crippen LogP contribution in [0.5, 0.6) is 17.2 Å². The molecule has 0 aliphatic carbocycles. The Morgan fingerprint density at radius 2 is 2.04 bits per heavy atom. The van der Waals surface area contributed by atoms with E-state index in [1.54, 1.807) is 11.3 Å². The summed E-state index contributed by atoms with van der Waals surface area (Å²) < 4.78 is 16.4. The van der Waals surface area contributed by atoms with Gasteiger partial charge in [-0.15, -0.1) is 11.3 Å². The predicted octanol–water partition coefficient (Wildman–Crippen LogP) is 4.68. The van der Waals surface area contributed by atoms with E-state index in [1.165, 1.54) is 0 Å². The molecule has 0 bridgehead atoms. The minimum absolute atomic E-state index is 0.272. The first-order valence-corrected chi connectivity index (χ1v) is 8.56. The number of ether oxygens (including phenoxy) is 3. The minimum Gasteiger partial charge on any atom is -0.493 e. The van der Waals surface area contributed by atoms with Crippen molar-refractivity contribution in [1.82, 2.24) is 4.98 Å². The molecular formula is C18H16N2O3S. The molecule has 0 unspecified atom stereocenters. The fourth-order valence-electron chi connectivity index (χ4n) is 2.51. The highest BCUT2D eigenvalue weighted by Gasteiger charge is 2.14. The zero-order valence-corrected chi connectivity index (χ0v) is 13.9. The lowest BCUT2D eigenvalue weighted by atomic mass is 10.1. The van der Waals surface area contributed by atoms with Gasteiger partial charge in [-0.05, 0) is 31.2 Å². The maximum Gasteiger partial charge on any atom is 0.231 e. The number of nitrogens with zero attached hydrogens (tertiary/aromatic N) is 1. The SMILES string of the molecule is CCOc1ccccc1-c1csc(Nc2ccc3c(c2)OCO3)n1. The zero-order chi connectivity index (χ0) is 16.4. The van der Waals surface area contributed by atoms with Crippen LogP contribution in [0.2, 0.25) is 0 Å². The van der Waals surface area contributed by atoms with E-state index in [2.05, 4.69) is 10.3 Å². The molecule has 6 heteroatoms. The number of rotatable bonds is 5. The Morgan fingerprint density at radius 1 is 1.17 bits per heavy atom. The molecule has 1 aliphatic rings. The average Bonchev–Trinajstić information content (AvgIpc) is 3.24. The second kappa shape index (κ2) is 6.41. The van der Waals surface area contributed by atoms with Crippen molar-refractivity contribution >= 4 is 22.2 Å². The van der Waals surface area contributed by atoms with Gasteiger partial charge in [0.25, 0.3) is 0 Å². The number of fused-ring (bicyclic) bond motifs is 1. The molecule has 1 N–H and O–H groups in total. The van der Waals surface area contributed by atoms with Crippen LogP contribution in [0.15, 0.2) is 47.8 Å². The monoisotopic (exact) mass is 340 g/mol. The topological polar surface area (TPSA) is 52.6 Å². The summed E-state index contributed by atoms with van der Waals surface area (Å²) in [6, 6.07) is 13.7. The van der Waals surface area contributed by atoms with Gasteiger partial charge in [0.15, 0.2) is 16.6 Å². The van der Waals surface area contributed by atoms with Crippen LogP contribution in [-0.4, -0.2) is 18.4 Å². The Labute approximate surface area is 143 Å². The van der Waals surface area contributed by atoms with E-state index in [1.807, 2.05) is 54.8 Å². The summed E-state index contributed by atoms with van der Waals surface area (Å²) in [7, 11) is 0. The van der Waals surface area contributed by atoms with Crippen LogP contribution < -0.4 is 19.5 Å². The number of para-hydroxylation sites is 1. The average molecular weight is 340 g/mol. The molecule has 4 rings (SSSR count). The van der Waals surface area contributed by atoms with Crippen LogP contribution in [0, 0.1) is 0 Å².